The summed E-state index contributed by atoms with van der Waals surface area (Å²) in [5, 5.41) is 2.13. The number of fused-ring (bicyclic) bond motifs is 4. The van der Waals surface area contributed by atoms with Gasteiger partial charge in [0.05, 0.1) is 22.1 Å². The summed E-state index contributed by atoms with van der Waals surface area (Å²) < 4.78 is 35.1. The molecule has 4 aromatic carbocycles. The quantitative estimate of drug-likeness (QED) is 0.158. The molecule has 0 bridgehead atoms. The van der Waals surface area contributed by atoms with E-state index in [2.05, 4.69) is 40.1 Å². The van der Waals surface area contributed by atoms with Gasteiger partial charge in [0.2, 0.25) is 6.33 Å². The maximum atomic E-state index is 7.94. The van der Waals surface area contributed by atoms with E-state index in [-0.39, 0.29) is 21.1 Å². The van der Waals surface area contributed by atoms with Crippen molar-refractivity contribution < 1.29 is 34.5 Å². The van der Waals surface area contributed by atoms with E-state index in [1.165, 1.54) is 4.57 Å². The number of benzene rings is 4. The van der Waals surface area contributed by atoms with Gasteiger partial charge in [-0.25, -0.2) is 4.98 Å². The van der Waals surface area contributed by atoms with Gasteiger partial charge in [0.25, 0.3) is 0 Å². The van der Waals surface area contributed by atoms with Crippen LogP contribution in [0.1, 0.15) is 4.11 Å². The number of imidazole rings is 1. The SMILES string of the molecule is [2H]C([2H])([2H])[n+]1[c-]n(-c2[c-]c(Oc3[c-]c4c(cc3)c3ccccc3n4-c3cc(N(C)C)ccn3)ccc2)c2ccccc21.[Pt]. The third-order valence-corrected chi connectivity index (χ3v) is 6.81. The predicted octanol–water partition coefficient (Wildman–Crippen LogP) is 6.20. The van der Waals surface area contributed by atoms with Crippen molar-refractivity contribution in [2.45, 2.75) is 0 Å². The summed E-state index contributed by atoms with van der Waals surface area (Å²) >= 11 is 0. The Morgan fingerprint density at radius 2 is 1.65 bits per heavy atom. The van der Waals surface area contributed by atoms with E-state index in [4.69, 9.17) is 8.85 Å². The summed E-state index contributed by atoms with van der Waals surface area (Å²) in [5.74, 6) is 1.76. The minimum Gasteiger partial charge on any atom is -0.510 e. The molecule has 0 aliphatic heterocycles. The van der Waals surface area contributed by atoms with Crippen molar-refractivity contribution in [2.24, 2.45) is 6.98 Å². The summed E-state index contributed by atoms with van der Waals surface area (Å²) in [6.45, 7) is -2.37. The molecule has 200 valence electrons. The van der Waals surface area contributed by atoms with E-state index in [1.807, 2.05) is 98.0 Å². The molecular weight excluding hydrogens is 677 g/mol. The predicted molar refractivity (Wildman–Crippen MR) is 154 cm³/mol. The molecule has 0 saturated heterocycles. The minimum atomic E-state index is -2.37. The van der Waals surface area contributed by atoms with Crippen molar-refractivity contribution in [1.82, 2.24) is 14.1 Å². The van der Waals surface area contributed by atoms with Crippen molar-refractivity contribution in [2.75, 3.05) is 19.0 Å². The number of aryl methyl sites for hydroxylation is 1. The summed E-state index contributed by atoms with van der Waals surface area (Å²) in [6, 6.07) is 35.7. The summed E-state index contributed by atoms with van der Waals surface area (Å²) in [6.07, 6.45) is 4.79. The Kier molecular flexibility index (Phi) is 5.76. The van der Waals surface area contributed by atoms with E-state index >= 15 is 0 Å². The van der Waals surface area contributed by atoms with Gasteiger partial charge < -0.3 is 23.3 Å². The molecule has 0 aliphatic carbocycles. The van der Waals surface area contributed by atoms with E-state index < -0.39 is 6.98 Å². The van der Waals surface area contributed by atoms with Crippen LogP contribution in [0.15, 0.2) is 97.2 Å². The Labute approximate surface area is 251 Å². The van der Waals surface area contributed by atoms with Crippen molar-refractivity contribution in [3.8, 4) is 23.0 Å². The molecule has 0 N–H and O–H groups in total. The second-order valence-corrected chi connectivity index (χ2v) is 9.47. The van der Waals surface area contributed by atoms with Crippen molar-refractivity contribution >= 4 is 38.5 Å². The largest absolute Gasteiger partial charge is 0.510 e. The molecule has 0 saturated carbocycles. The van der Waals surface area contributed by atoms with Crippen LogP contribution in [0.2, 0.25) is 0 Å². The second kappa shape index (κ2) is 10.3. The zero-order valence-corrected chi connectivity index (χ0v) is 24.0. The molecule has 7 heteroatoms. The zero-order chi connectivity index (χ0) is 29.0. The molecule has 0 radical (unpaired) electrons. The molecule has 7 aromatic rings. The first kappa shape index (κ1) is 22.4. The van der Waals surface area contributed by atoms with Crippen LogP contribution in [0.4, 0.5) is 5.69 Å². The second-order valence-electron chi connectivity index (χ2n) is 9.47. The first-order valence-electron chi connectivity index (χ1n) is 14.0. The third-order valence-electron chi connectivity index (χ3n) is 6.81. The Morgan fingerprint density at radius 3 is 2.50 bits per heavy atom. The number of aromatic nitrogens is 4. The zero-order valence-electron chi connectivity index (χ0n) is 24.7. The molecule has 7 rings (SSSR count). The maximum absolute atomic E-state index is 7.94. The molecular formula is C33H25N5OPt-2. The number of rotatable bonds is 5. The Balaban J connectivity index is 0.00000329. The Morgan fingerprint density at radius 1 is 0.850 bits per heavy atom. The van der Waals surface area contributed by atoms with Crippen LogP contribution in [0.25, 0.3) is 44.3 Å². The minimum absolute atomic E-state index is 0. The van der Waals surface area contributed by atoms with Crippen LogP contribution in [0, 0.1) is 18.5 Å². The molecule has 0 aliphatic rings. The van der Waals surface area contributed by atoms with E-state index in [0.717, 1.165) is 33.3 Å². The standard InChI is InChI=1S/C33H25N5O.Pt/c1-35(2)23-17-18-34-33(20-23)38-29-12-5-4-11-27(29)28-16-15-26(21-32(28)38)39-25-10-8-9-24(19-25)37-22-36(3)30-13-6-7-14-31(30)37;/h4-18,20H,1-3H3;/q-2;/i3D3;. The van der Waals surface area contributed by atoms with Gasteiger partial charge in [-0.15, -0.1) is 29.7 Å². The fourth-order valence-electron chi connectivity index (χ4n) is 4.96. The summed E-state index contributed by atoms with van der Waals surface area (Å²) in [4.78, 5) is 6.74. The van der Waals surface area contributed by atoms with Gasteiger partial charge in [0, 0.05) is 70.1 Å². The average Bonchev–Trinajstić information content (AvgIpc) is 3.54. The van der Waals surface area contributed by atoms with E-state index in [0.29, 0.717) is 28.2 Å². The van der Waals surface area contributed by atoms with Gasteiger partial charge in [-0.2, -0.15) is 18.2 Å². The molecule has 40 heavy (non-hydrogen) atoms. The number of ether oxygens (including phenoxy) is 1. The number of para-hydroxylation sites is 3. The van der Waals surface area contributed by atoms with E-state index in [1.54, 1.807) is 10.6 Å². The van der Waals surface area contributed by atoms with Gasteiger partial charge in [0.1, 0.15) is 5.82 Å². The first-order chi connectivity index (χ1) is 20.3. The average molecular weight is 706 g/mol. The number of hydrogen-bond acceptors (Lipinski definition) is 3. The molecule has 0 unspecified atom stereocenters. The topological polar surface area (TPSA) is 39.1 Å². The first-order valence-corrected chi connectivity index (χ1v) is 12.5. The van der Waals surface area contributed by atoms with Crippen LogP contribution in [0.3, 0.4) is 0 Å². The van der Waals surface area contributed by atoms with Crippen LogP contribution in [-0.4, -0.2) is 28.2 Å². The van der Waals surface area contributed by atoms with Crippen molar-refractivity contribution in [3.63, 3.8) is 0 Å². The van der Waals surface area contributed by atoms with Gasteiger partial charge >= 0.3 is 0 Å². The van der Waals surface area contributed by atoms with Crippen molar-refractivity contribution in [3.05, 3.63) is 116 Å². The number of anilines is 1. The van der Waals surface area contributed by atoms with Crippen LogP contribution in [-0.2, 0) is 28.0 Å². The van der Waals surface area contributed by atoms with Crippen LogP contribution >= 0.6 is 0 Å². The van der Waals surface area contributed by atoms with Gasteiger partial charge in [-0.05, 0) is 17.5 Å². The fraction of sp³-hybridized carbons (Fsp3) is 0.0909. The Bertz CT molecular complexity index is 2120. The number of hydrogen-bond donors (Lipinski definition) is 0. The molecule has 3 aromatic heterocycles. The van der Waals surface area contributed by atoms with Gasteiger partial charge in [0.15, 0.2) is 0 Å². The summed E-state index contributed by atoms with van der Waals surface area (Å²) in [5.41, 5.74) is 4.76. The number of pyridine rings is 1. The Hall–Kier alpha value is -4.41. The molecule has 6 nitrogen and oxygen atoms in total. The molecule has 0 amide bonds. The van der Waals surface area contributed by atoms with Gasteiger partial charge in [-0.3, -0.25) is 0 Å². The molecule has 0 fully saturated rings. The smallest absolute Gasteiger partial charge is 0.242 e. The van der Waals surface area contributed by atoms with Crippen LogP contribution in [0.5, 0.6) is 11.5 Å². The molecule has 0 spiro atoms. The van der Waals surface area contributed by atoms with E-state index in [9.17, 15) is 0 Å². The molecule has 3 heterocycles. The van der Waals surface area contributed by atoms with Crippen molar-refractivity contribution in [1.29, 1.82) is 0 Å². The van der Waals surface area contributed by atoms with Crippen LogP contribution < -0.4 is 14.2 Å². The summed E-state index contributed by atoms with van der Waals surface area (Å²) in [7, 11) is 4.01. The molecule has 0 atom stereocenters. The normalized spacial score (nSPS) is 12.6. The maximum Gasteiger partial charge on any atom is 0.242 e. The monoisotopic (exact) mass is 705 g/mol. The number of nitrogens with zero attached hydrogens (tertiary/aromatic N) is 5. The van der Waals surface area contributed by atoms with Gasteiger partial charge in [-0.1, -0.05) is 53.7 Å². The third kappa shape index (κ3) is 4.35. The fourth-order valence-corrected chi connectivity index (χ4v) is 4.96.